The zero-order chi connectivity index (χ0) is 10.6. The Morgan fingerprint density at radius 3 is 1.88 bits per heavy atom. The Morgan fingerprint density at radius 1 is 1.31 bits per heavy atom. The Bertz CT molecular complexity index is 258. The van der Waals surface area contributed by atoms with Gasteiger partial charge in [-0.15, -0.1) is 10.1 Å². The van der Waals surface area contributed by atoms with E-state index in [1.165, 1.54) is 0 Å². The Morgan fingerprint density at radius 2 is 1.69 bits per heavy atom. The van der Waals surface area contributed by atoms with Crippen LogP contribution in [0, 0.1) is 10.1 Å². The molecule has 0 aromatic heterocycles. The molecule has 0 saturated carbocycles. The normalized spacial score (nSPS) is 11.6. The molecule has 0 saturated heterocycles. The van der Waals surface area contributed by atoms with E-state index < -0.39 is 29.2 Å². The van der Waals surface area contributed by atoms with Crippen molar-refractivity contribution in [1.82, 2.24) is 0 Å². The van der Waals surface area contributed by atoms with Gasteiger partial charge in [0.15, 0.2) is 6.10 Å². The van der Waals surface area contributed by atoms with Gasteiger partial charge in [0.05, 0.1) is 0 Å². The van der Waals surface area contributed by atoms with Gasteiger partial charge in [-0.1, -0.05) is 0 Å². The summed E-state index contributed by atoms with van der Waals surface area (Å²) in [4.78, 5) is 33.2. The van der Waals surface area contributed by atoms with Crippen molar-refractivity contribution in [3.63, 3.8) is 0 Å². The van der Waals surface area contributed by atoms with Crippen LogP contribution < -0.4 is 18.9 Å². The summed E-state index contributed by atoms with van der Waals surface area (Å²) in [5, 5.41) is 33.0. The predicted octanol–water partition coefficient (Wildman–Crippen LogP) is -4.80. The van der Waals surface area contributed by atoms with E-state index in [1.807, 2.05) is 0 Å². The molecule has 0 rings (SSSR count). The van der Waals surface area contributed by atoms with Crippen LogP contribution in [0.5, 0.6) is 0 Å². The molecule has 0 spiro atoms. The number of carboxylic acids is 2. The summed E-state index contributed by atoms with van der Waals surface area (Å²) in [6.45, 7) is 0. The van der Waals surface area contributed by atoms with Crippen LogP contribution in [-0.4, -0.2) is 44.6 Å². The number of carboxylic acid groups (broad SMARTS) is 2. The molecule has 0 fully saturated rings. The molecule has 2 atom stereocenters. The molecule has 1 radical (unpaired) electrons. The third-order valence-corrected chi connectivity index (χ3v) is 0.983. The van der Waals surface area contributed by atoms with E-state index in [2.05, 4.69) is 4.84 Å². The average molecular weight is 317 g/mol. The van der Waals surface area contributed by atoms with Crippen molar-refractivity contribution in [2.45, 2.75) is 12.2 Å². The monoisotopic (exact) mass is 316 g/mol. The molecular weight excluding hydrogens is 311 g/mol. The van der Waals surface area contributed by atoms with Gasteiger partial charge in [-0.05, 0) is 0 Å². The van der Waals surface area contributed by atoms with Crippen LogP contribution in [-0.2, 0) is 48.0 Å². The van der Waals surface area contributed by atoms with Crippen LogP contribution in [0.1, 0.15) is 1.43 Å². The molecular formula is C4H6LiMnNNiO8. The average Bonchev–Trinajstić information content (AvgIpc) is 1.97. The SMILES string of the molecule is O=C(O)C(O)C(O[N+](=O)[O-])C(=O)O.[H-].[Li+].[Mn].[Ni]. The van der Waals surface area contributed by atoms with Gasteiger partial charge in [0.1, 0.15) is 0 Å². The smallest absolute Gasteiger partial charge is 1.00 e. The van der Waals surface area contributed by atoms with Gasteiger partial charge in [-0.3, -0.25) is 4.84 Å². The molecule has 0 aliphatic heterocycles. The fraction of sp³-hybridized carbons (Fsp3) is 0.500. The van der Waals surface area contributed by atoms with Crippen molar-refractivity contribution >= 4 is 11.9 Å². The second kappa shape index (κ2) is 11.2. The standard InChI is InChI=1S/C4H5NO8.Li.Mn.Ni.H/c6-1(3(7)8)2(4(9)10)13-5(11)12;;;;/h1-2,6H,(H,7,8)(H,9,10);;;;/q;+1;;;-1. The number of aliphatic carboxylic acids is 2. The summed E-state index contributed by atoms with van der Waals surface area (Å²) >= 11 is 0. The van der Waals surface area contributed by atoms with Gasteiger partial charge in [0, 0.05) is 33.6 Å². The Balaban J connectivity index is -0.000000120. The Kier molecular flexibility index (Phi) is 17.4. The van der Waals surface area contributed by atoms with Gasteiger partial charge < -0.3 is 16.7 Å². The molecule has 0 bridgehead atoms. The van der Waals surface area contributed by atoms with E-state index in [4.69, 9.17) is 15.3 Å². The maximum absolute atomic E-state index is 10.1. The summed E-state index contributed by atoms with van der Waals surface area (Å²) in [5.74, 6) is -3.86. The number of hydrogen-bond acceptors (Lipinski definition) is 6. The first kappa shape index (κ1) is 24.8. The molecule has 0 aromatic carbocycles. The third-order valence-electron chi connectivity index (χ3n) is 0.983. The van der Waals surface area contributed by atoms with Crippen LogP contribution in [0.4, 0.5) is 0 Å². The van der Waals surface area contributed by atoms with Gasteiger partial charge in [0.2, 0.25) is 6.10 Å². The van der Waals surface area contributed by atoms with E-state index in [9.17, 15) is 19.7 Å². The van der Waals surface area contributed by atoms with E-state index >= 15 is 0 Å². The summed E-state index contributed by atoms with van der Waals surface area (Å²) in [6.07, 6.45) is -4.91. The van der Waals surface area contributed by atoms with Crippen molar-refractivity contribution in [2.24, 2.45) is 0 Å². The second-order valence-corrected chi connectivity index (χ2v) is 1.87. The largest absolute Gasteiger partial charge is 1.00 e. The predicted molar refractivity (Wildman–Crippen MR) is 34.3 cm³/mol. The summed E-state index contributed by atoms with van der Waals surface area (Å²) < 4.78 is 0. The number of carbonyl (C=O) groups is 2. The molecule has 0 aliphatic carbocycles. The fourth-order valence-electron chi connectivity index (χ4n) is 0.460. The van der Waals surface area contributed by atoms with Gasteiger partial charge in [-0.2, -0.15) is 0 Å². The van der Waals surface area contributed by atoms with Crippen molar-refractivity contribution in [2.75, 3.05) is 0 Å². The van der Waals surface area contributed by atoms with Gasteiger partial charge in [0.25, 0.3) is 5.09 Å². The van der Waals surface area contributed by atoms with E-state index in [-0.39, 0.29) is 53.8 Å². The van der Waals surface area contributed by atoms with Gasteiger partial charge in [-0.25, -0.2) is 9.59 Å². The first-order chi connectivity index (χ1) is 5.86. The molecule has 2 unspecified atom stereocenters. The maximum Gasteiger partial charge on any atom is 1.00 e. The molecule has 3 N–H and O–H groups in total. The fourth-order valence-corrected chi connectivity index (χ4v) is 0.460. The zero-order valence-corrected chi connectivity index (χ0v) is 9.85. The molecule has 0 amide bonds. The van der Waals surface area contributed by atoms with Crippen molar-refractivity contribution in [1.29, 1.82) is 0 Å². The van der Waals surface area contributed by atoms with Crippen LogP contribution in [0.15, 0.2) is 0 Å². The van der Waals surface area contributed by atoms with Crippen LogP contribution in [0.25, 0.3) is 0 Å². The first-order valence-electron chi connectivity index (χ1n) is 2.81. The minimum absolute atomic E-state index is 0. The first-order valence-corrected chi connectivity index (χ1v) is 2.81. The van der Waals surface area contributed by atoms with Gasteiger partial charge >= 0.3 is 30.8 Å². The molecule has 0 aromatic rings. The topological polar surface area (TPSA) is 147 Å². The molecule has 0 aliphatic rings. The molecule has 9 nitrogen and oxygen atoms in total. The molecule has 12 heteroatoms. The number of rotatable bonds is 5. The summed E-state index contributed by atoms with van der Waals surface area (Å²) in [5.41, 5.74) is 0. The van der Waals surface area contributed by atoms with Crippen molar-refractivity contribution in [3.05, 3.63) is 10.1 Å². The third kappa shape index (κ3) is 8.97. The van der Waals surface area contributed by atoms with E-state index in [0.717, 1.165) is 0 Å². The molecule has 0 heterocycles. The number of nitrogens with zero attached hydrogens (tertiary/aromatic N) is 1. The number of hydrogen-bond donors (Lipinski definition) is 3. The second-order valence-electron chi connectivity index (χ2n) is 1.87. The Hall–Kier alpha value is -0.290. The Labute approximate surface area is 123 Å². The van der Waals surface area contributed by atoms with Crippen molar-refractivity contribution < 1.29 is 88.7 Å². The van der Waals surface area contributed by atoms with Crippen LogP contribution >= 0.6 is 0 Å². The summed E-state index contributed by atoms with van der Waals surface area (Å²) in [7, 11) is 0. The number of aliphatic hydroxyl groups is 1. The number of aliphatic hydroxyl groups excluding tert-OH is 1. The zero-order valence-electron chi connectivity index (χ0n) is 8.68. The van der Waals surface area contributed by atoms with Crippen LogP contribution in [0.2, 0.25) is 0 Å². The maximum atomic E-state index is 10.1. The quantitative estimate of drug-likeness (QED) is 0.260. The van der Waals surface area contributed by atoms with E-state index in [0.29, 0.717) is 0 Å². The molecule has 93 valence electrons. The van der Waals surface area contributed by atoms with Crippen LogP contribution in [0.3, 0.4) is 0 Å². The minimum atomic E-state index is -2.48. The van der Waals surface area contributed by atoms with Crippen molar-refractivity contribution in [3.8, 4) is 0 Å². The van der Waals surface area contributed by atoms with E-state index in [1.54, 1.807) is 0 Å². The molecule has 16 heavy (non-hydrogen) atoms. The summed E-state index contributed by atoms with van der Waals surface area (Å²) in [6, 6.07) is 0. The minimum Gasteiger partial charge on any atom is -1.00 e.